The van der Waals surface area contributed by atoms with Gasteiger partial charge < -0.3 is 9.64 Å². The van der Waals surface area contributed by atoms with Gasteiger partial charge in [0.2, 0.25) is 0 Å². The van der Waals surface area contributed by atoms with Crippen molar-refractivity contribution >= 4 is 29.0 Å². The van der Waals surface area contributed by atoms with Crippen LogP contribution in [0.3, 0.4) is 0 Å². The van der Waals surface area contributed by atoms with Crippen molar-refractivity contribution in [3.63, 3.8) is 0 Å². The van der Waals surface area contributed by atoms with Crippen LogP contribution in [0.25, 0.3) is 0 Å². The van der Waals surface area contributed by atoms with Crippen LogP contribution in [-0.4, -0.2) is 24.8 Å². The van der Waals surface area contributed by atoms with Crippen molar-refractivity contribution in [2.24, 2.45) is 0 Å². The zero-order chi connectivity index (χ0) is 14.8. The van der Waals surface area contributed by atoms with E-state index >= 15 is 0 Å². The predicted molar refractivity (Wildman–Crippen MR) is 80.1 cm³/mol. The number of halogens is 1. The van der Waals surface area contributed by atoms with Crippen LogP contribution in [0.15, 0.2) is 48.5 Å². The van der Waals surface area contributed by atoms with E-state index < -0.39 is 11.7 Å². The summed E-state index contributed by atoms with van der Waals surface area (Å²) < 4.78 is 5.56. The number of hydrogen-bond donors (Lipinski definition) is 0. The molecule has 0 unspecified atom stereocenters. The van der Waals surface area contributed by atoms with E-state index in [1.807, 2.05) is 30.3 Å². The topological polar surface area (TPSA) is 46.6 Å². The normalized spacial score (nSPS) is 13.5. The monoisotopic (exact) mass is 301 g/mol. The molecular weight excluding hydrogens is 290 g/mol. The van der Waals surface area contributed by atoms with E-state index in [2.05, 4.69) is 0 Å². The number of rotatable bonds is 4. The molecule has 1 amide bonds. The molecular formula is C16H12ClNO3. The minimum atomic E-state index is -0.538. The molecule has 2 aromatic carbocycles. The van der Waals surface area contributed by atoms with Gasteiger partial charge in [0, 0.05) is 5.02 Å². The first-order valence-corrected chi connectivity index (χ1v) is 6.88. The summed E-state index contributed by atoms with van der Waals surface area (Å²) in [4.78, 5) is 25.3. The molecule has 4 nitrogen and oxygen atoms in total. The molecule has 1 aliphatic heterocycles. The zero-order valence-electron chi connectivity index (χ0n) is 11.1. The highest BCUT2D eigenvalue weighted by molar-refractivity contribution is 6.52. The lowest BCUT2D eigenvalue weighted by Crippen LogP contribution is -2.33. The van der Waals surface area contributed by atoms with E-state index in [1.54, 1.807) is 12.1 Å². The molecule has 5 heteroatoms. The number of nitrogens with zero attached hydrogens (tertiary/aromatic N) is 1. The summed E-state index contributed by atoms with van der Waals surface area (Å²) in [6.45, 7) is 0.624. The number of benzene rings is 2. The summed E-state index contributed by atoms with van der Waals surface area (Å²) in [5, 5.41) is 0.442. The standard InChI is InChI=1S/C16H12ClNO3/c17-11-6-7-14-13(10-11)15(19)16(20)18(14)8-9-21-12-4-2-1-3-5-12/h1-7,10H,8-9H2. The van der Waals surface area contributed by atoms with E-state index in [0.29, 0.717) is 29.4 Å². The van der Waals surface area contributed by atoms with Gasteiger partial charge in [-0.15, -0.1) is 0 Å². The van der Waals surface area contributed by atoms with Crippen LogP contribution >= 0.6 is 11.6 Å². The Hall–Kier alpha value is -2.33. The van der Waals surface area contributed by atoms with Gasteiger partial charge >= 0.3 is 0 Å². The first-order chi connectivity index (χ1) is 10.2. The fourth-order valence-electron chi connectivity index (χ4n) is 2.27. The molecule has 0 atom stereocenters. The number of carbonyl (C=O) groups excluding carboxylic acids is 2. The van der Waals surface area contributed by atoms with E-state index in [4.69, 9.17) is 16.3 Å². The first-order valence-electron chi connectivity index (χ1n) is 6.50. The second kappa shape index (κ2) is 5.58. The summed E-state index contributed by atoms with van der Waals surface area (Å²) in [6.07, 6.45) is 0. The minimum Gasteiger partial charge on any atom is -0.492 e. The molecule has 2 aromatic rings. The third-order valence-electron chi connectivity index (χ3n) is 3.26. The highest BCUT2D eigenvalue weighted by Gasteiger charge is 2.35. The lowest BCUT2D eigenvalue weighted by atomic mass is 10.1. The summed E-state index contributed by atoms with van der Waals surface area (Å²) >= 11 is 5.86. The number of fused-ring (bicyclic) bond motifs is 1. The number of ether oxygens (including phenoxy) is 1. The van der Waals surface area contributed by atoms with Crippen LogP contribution in [0.2, 0.25) is 5.02 Å². The van der Waals surface area contributed by atoms with Gasteiger partial charge in [-0.2, -0.15) is 0 Å². The van der Waals surface area contributed by atoms with E-state index in [9.17, 15) is 9.59 Å². The number of amides is 1. The van der Waals surface area contributed by atoms with Crippen molar-refractivity contribution in [1.82, 2.24) is 0 Å². The van der Waals surface area contributed by atoms with Gasteiger partial charge in [0.05, 0.1) is 17.8 Å². The minimum absolute atomic E-state index is 0.311. The van der Waals surface area contributed by atoms with Crippen molar-refractivity contribution in [2.75, 3.05) is 18.1 Å². The Kier molecular flexibility index (Phi) is 3.62. The predicted octanol–water partition coefficient (Wildman–Crippen LogP) is 2.95. The maximum absolute atomic E-state index is 12.0. The molecule has 3 rings (SSSR count). The fraction of sp³-hybridized carbons (Fsp3) is 0.125. The molecule has 0 radical (unpaired) electrons. The van der Waals surface area contributed by atoms with Gasteiger partial charge in [0.15, 0.2) is 0 Å². The maximum atomic E-state index is 12.0. The molecule has 0 aliphatic carbocycles. The Labute approximate surface area is 126 Å². The summed E-state index contributed by atoms with van der Waals surface area (Å²) in [7, 11) is 0. The second-order valence-electron chi connectivity index (χ2n) is 4.61. The van der Waals surface area contributed by atoms with Crippen molar-refractivity contribution in [2.45, 2.75) is 0 Å². The summed E-state index contributed by atoms with van der Waals surface area (Å²) in [5.74, 6) is -0.331. The Morgan fingerprint density at radius 1 is 1.05 bits per heavy atom. The molecule has 1 aliphatic rings. The van der Waals surface area contributed by atoms with Crippen molar-refractivity contribution < 1.29 is 14.3 Å². The van der Waals surface area contributed by atoms with Crippen molar-refractivity contribution in [3.8, 4) is 5.75 Å². The van der Waals surface area contributed by atoms with Crippen LogP contribution in [0, 0.1) is 0 Å². The van der Waals surface area contributed by atoms with E-state index in [0.717, 1.165) is 5.75 Å². The highest BCUT2D eigenvalue weighted by Crippen LogP contribution is 2.30. The van der Waals surface area contributed by atoms with Crippen LogP contribution in [0.4, 0.5) is 5.69 Å². The van der Waals surface area contributed by atoms with Crippen LogP contribution < -0.4 is 9.64 Å². The third kappa shape index (κ3) is 2.62. The number of Topliss-reactive ketones (excluding diaryl/α,β-unsaturated/α-hetero) is 1. The molecule has 106 valence electrons. The van der Waals surface area contributed by atoms with Gasteiger partial charge in [-0.25, -0.2) is 0 Å². The lowest BCUT2D eigenvalue weighted by molar-refractivity contribution is -0.114. The van der Waals surface area contributed by atoms with Gasteiger partial charge in [-0.1, -0.05) is 29.8 Å². The zero-order valence-corrected chi connectivity index (χ0v) is 11.8. The Bertz CT molecular complexity index is 700. The fourth-order valence-corrected chi connectivity index (χ4v) is 2.44. The average Bonchev–Trinajstić information content (AvgIpc) is 2.73. The molecule has 1 heterocycles. The van der Waals surface area contributed by atoms with Crippen molar-refractivity contribution in [1.29, 1.82) is 0 Å². The largest absolute Gasteiger partial charge is 0.492 e. The number of hydrogen-bond acceptors (Lipinski definition) is 3. The Balaban J connectivity index is 1.72. The maximum Gasteiger partial charge on any atom is 0.299 e. The van der Waals surface area contributed by atoms with Gasteiger partial charge in [-0.3, -0.25) is 9.59 Å². The average molecular weight is 302 g/mol. The highest BCUT2D eigenvalue weighted by atomic mass is 35.5. The molecule has 0 spiro atoms. The molecule has 0 fully saturated rings. The molecule has 0 saturated heterocycles. The molecule has 0 bridgehead atoms. The number of anilines is 1. The van der Waals surface area contributed by atoms with E-state index in [1.165, 1.54) is 11.0 Å². The van der Waals surface area contributed by atoms with Gasteiger partial charge in [0.1, 0.15) is 12.4 Å². The Morgan fingerprint density at radius 3 is 2.57 bits per heavy atom. The second-order valence-corrected chi connectivity index (χ2v) is 5.05. The molecule has 0 N–H and O–H groups in total. The molecule has 0 aromatic heterocycles. The SMILES string of the molecule is O=C1C(=O)N(CCOc2ccccc2)c2ccc(Cl)cc21. The number of ketones is 1. The first kappa shape index (κ1) is 13.6. The number of carbonyl (C=O) groups is 2. The summed E-state index contributed by atoms with van der Waals surface area (Å²) in [5.41, 5.74) is 0.943. The third-order valence-corrected chi connectivity index (χ3v) is 3.50. The van der Waals surface area contributed by atoms with Gasteiger partial charge in [0.25, 0.3) is 11.7 Å². The van der Waals surface area contributed by atoms with Crippen LogP contribution in [0.5, 0.6) is 5.75 Å². The summed E-state index contributed by atoms with van der Waals surface area (Å²) in [6, 6.07) is 14.2. The quantitative estimate of drug-likeness (QED) is 0.816. The lowest BCUT2D eigenvalue weighted by Gasteiger charge is -2.16. The molecule has 0 saturated carbocycles. The van der Waals surface area contributed by atoms with Crippen molar-refractivity contribution in [3.05, 3.63) is 59.1 Å². The van der Waals surface area contributed by atoms with Crippen LogP contribution in [0.1, 0.15) is 10.4 Å². The Morgan fingerprint density at radius 2 is 1.81 bits per heavy atom. The number of para-hydroxylation sites is 1. The van der Waals surface area contributed by atoms with Crippen LogP contribution in [-0.2, 0) is 4.79 Å². The smallest absolute Gasteiger partial charge is 0.299 e. The van der Waals surface area contributed by atoms with E-state index in [-0.39, 0.29) is 0 Å². The molecule has 21 heavy (non-hydrogen) atoms. The van der Waals surface area contributed by atoms with Gasteiger partial charge in [-0.05, 0) is 30.3 Å².